The maximum Gasteiger partial charge on any atom is 0.337 e. The second kappa shape index (κ2) is 7.64. The second-order valence-corrected chi connectivity index (χ2v) is 5.80. The number of benzene rings is 2. The third-order valence-electron chi connectivity index (χ3n) is 3.61. The van der Waals surface area contributed by atoms with E-state index in [1.807, 2.05) is 32.9 Å². The van der Waals surface area contributed by atoms with Crippen molar-refractivity contribution >= 4 is 23.3 Å². The first-order valence-electron chi connectivity index (χ1n) is 7.70. The predicted octanol–water partition coefficient (Wildman–Crippen LogP) is 3.45. The molecular formula is C19H22N2O3. The highest BCUT2D eigenvalue weighted by Crippen LogP contribution is 2.18. The summed E-state index contributed by atoms with van der Waals surface area (Å²) in [6.07, 6.45) is 0. The Hall–Kier alpha value is -2.82. The summed E-state index contributed by atoms with van der Waals surface area (Å²) in [5.74, 6) is -0.613. The predicted molar refractivity (Wildman–Crippen MR) is 95.6 cm³/mol. The molecule has 5 heteroatoms. The summed E-state index contributed by atoms with van der Waals surface area (Å²) in [7, 11) is 1.33. The van der Waals surface area contributed by atoms with Crippen molar-refractivity contribution in [3.05, 3.63) is 58.7 Å². The van der Waals surface area contributed by atoms with Crippen LogP contribution in [0.2, 0.25) is 0 Å². The van der Waals surface area contributed by atoms with Crippen LogP contribution in [0.5, 0.6) is 0 Å². The number of anilines is 2. The highest BCUT2D eigenvalue weighted by molar-refractivity contribution is 5.97. The van der Waals surface area contributed by atoms with Gasteiger partial charge in [0.05, 0.1) is 19.2 Å². The molecule has 2 aromatic carbocycles. The molecule has 2 aromatic rings. The van der Waals surface area contributed by atoms with Gasteiger partial charge in [-0.15, -0.1) is 0 Å². The van der Waals surface area contributed by atoms with E-state index in [-0.39, 0.29) is 12.5 Å². The van der Waals surface area contributed by atoms with Crippen LogP contribution >= 0.6 is 0 Å². The van der Waals surface area contributed by atoms with Crippen molar-refractivity contribution in [2.75, 3.05) is 24.3 Å². The van der Waals surface area contributed by atoms with Crippen LogP contribution in [-0.2, 0) is 9.53 Å². The van der Waals surface area contributed by atoms with Crippen LogP contribution in [0.15, 0.2) is 36.4 Å². The van der Waals surface area contributed by atoms with Crippen LogP contribution in [0.25, 0.3) is 0 Å². The molecule has 0 heterocycles. The molecule has 2 rings (SSSR count). The maximum absolute atomic E-state index is 12.2. The Bertz CT molecular complexity index is 749. The summed E-state index contributed by atoms with van der Waals surface area (Å²) < 4.78 is 4.70. The van der Waals surface area contributed by atoms with Gasteiger partial charge in [0.15, 0.2) is 0 Å². The summed E-state index contributed by atoms with van der Waals surface area (Å²) in [4.78, 5) is 23.8. The Morgan fingerprint density at radius 2 is 1.67 bits per heavy atom. The number of rotatable bonds is 5. The van der Waals surface area contributed by atoms with Gasteiger partial charge >= 0.3 is 5.97 Å². The number of methoxy groups -OCH3 is 1. The molecule has 126 valence electrons. The lowest BCUT2D eigenvalue weighted by Gasteiger charge is -2.12. The van der Waals surface area contributed by atoms with Gasteiger partial charge in [-0.05, 0) is 61.7 Å². The summed E-state index contributed by atoms with van der Waals surface area (Å²) >= 11 is 0. The van der Waals surface area contributed by atoms with E-state index in [1.54, 1.807) is 18.2 Å². The minimum Gasteiger partial charge on any atom is -0.465 e. The molecular weight excluding hydrogens is 304 g/mol. The quantitative estimate of drug-likeness (QED) is 0.826. The smallest absolute Gasteiger partial charge is 0.337 e. The lowest BCUT2D eigenvalue weighted by molar-refractivity contribution is -0.114. The third kappa shape index (κ3) is 4.59. The van der Waals surface area contributed by atoms with E-state index < -0.39 is 5.97 Å². The fourth-order valence-electron chi connectivity index (χ4n) is 2.45. The molecule has 0 saturated heterocycles. The molecule has 0 aliphatic rings. The van der Waals surface area contributed by atoms with E-state index in [0.29, 0.717) is 11.3 Å². The summed E-state index contributed by atoms with van der Waals surface area (Å²) in [6, 6.07) is 11.1. The van der Waals surface area contributed by atoms with Crippen LogP contribution in [0, 0.1) is 20.8 Å². The zero-order valence-corrected chi connectivity index (χ0v) is 14.4. The van der Waals surface area contributed by atoms with Crippen LogP contribution in [0.1, 0.15) is 27.0 Å². The lowest BCUT2D eigenvalue weighted by atomic mass is 10.1. The van der Waals surface area contributed by atoms with Gasteiger partial charge < -0.3 is 15.4 Å². The van der Waals surface area contributed by atoms with Crippen molar-refractivity contribution in [3.63, 3.8) is 0 Å². The van der Waals surface area contributed by atoms with Gasteiger partial charge in [0, 0.05) is 11.4 Å². The number of amides is 1. The maximum atomic E-state index is 12.2. The molecule has 0 fully saturated rings. The third-order valence-corrected chi connectivity index (χ3v) is 3.61. The first-order valence-corrected chi connectivity index (χ1v) is 7.70. The Labute approximate surface area is 142 Å². The van der Waals surface area contributed by atoms with Gasteiger partial charge in [-0.1, -0.05) is 12.1 Å². The molecule has 0 unspecified atom stereocenters. The van der Waals surface area contributed by atoms with Crippen molar-refractivity contribution in [3.8, 4) is 0 Å². The molecule has 0 aliphatic carbocycles. The molecule has 0 radical (unpaired) electrons. The summed E-state index contributed by atoms with van der Waals surface area (Å²) in [5, 5.41) is 5.93. The summed E-state index contributed by atoms with van der Waals surface area (Å²) in [5.41, 5.74) is 5.06. The normalized spacial score (nSPS) is 10.2. The molecule has 5 nitrogen and oxygen atoms in total. The van der Waals surface area contributed by atoms with Crippen molar-refractivity contribution in [2.24, 2.45) is 0 Å². The van der Waals surface area contributed by atoms with Crippen LogP contribution in [0.4, 0.5) is 11.4 Å². The van der Waals surface area contributed by atoms with Crippen LogP contribution < -0.4 is 10.6 Å². The van der Waals surface area contributed by atoms with E-state index in [4.69, 9.17) is 4.74 Å². The molecule has 0 spiro atoms. The topological polar surface area (TPSA) is 67.4 Å². The van der Waals surface area contributed by atoms with Crippen LogP contribution in [0.3, 0.4) is 0 Å². The van der Waals surface area contributed by atoms with Crippen molar-refractivity contribution < 1.29 is 14.3 Å². The zero-order chi connectivity index (χ0) is 17.7. The minimum atomic E-state index is -0.432. The fraction of sp³-hybridized carbons (Fsp3) is 0.263. The molecule has 0 atom stereocenters. The molecule has 24 heavy (non-hydrogen) atoms. The average molecular weight is 326 g/mol. The molecule has 0 aromatic heterocycles. The SMILES string of the molecule is COC(=O)c1ccc(C)c(NC(=O)CNc2cc(C)cc(C)c2)c1. The van der Waals surface area contributed by atoms with Crippen LogP contribution in [-0.4, -0.2) is 25.5 Å². The van der Waals surface area contributed by atoms with E-state index in [1.165, 1.54) is 7.11 Å². The second-order valence-electron chi connectivity index (χ2n) is 5.80. The monoisotopic (exact) mass is 326 g/mol. The largest absolute Gasteiger partial charge is 0.465 e. The number of ether oxygens (including phenoxy) is 1. The standard InChI is InChI=1S/C19H22N2O3/c1-12-7-13(2)9-16(8-12)20-11-18(22)21-17-10-15(19(23)24-4)6-5-14(17)3/h5-10,20H,11H2,1-4H3,(H,21,22). The van der Waals surface area contributed by atoms with Crippen molar-refractivity contribution in [2.45, 2.75) is 20.8 Å². The highest BCUT2D eigenvalue weighted by Gasteiger charge is 2.10. The number of carbonyl (C=O) groups excluding carboxylic acids is 2. The van der Waals surface area contributed by atoms with Gasteiger partial charge in [-0.2, -0.15) is 0 Å². The Balaban J connectivity index is 2.03. The molecule has 0 saturated carbocycles. The Kier molecular flexibility index (Phi) is 5.58. The number of aryl methyl sites for hydroxylation is 3. The van der Waals surface area contributed by atoms with Gasteiger partial charge in [0.2, 0.25) is 5.91 Å². The molecule has 0 aliphatic heterocycles. The molecule has 1 amide bonds. The van der Waals surface area contributed by atoms with E-state index in [0.717, 1.165) is 22.4 Å². The van der Waals surface area contributed by atoms with Gasteiger partial charge in [-0.3, -0.25) is 4.79 Å². The number of esters is 1. The van der Waals surface area contributed by atoms with Gasteiger partial charge in [0.1, 0.15) is 0 Å². The lowest BCUT2D eigenvalue weighted by Crippen LogP contribution is -2.22. The highest BCUT2D eigenvalue weighted by atomic mass is 16.5. The number of hydrogen-bond donors (Lipinski definition) is 2. The Morgan fingerprint density at radius 1 is 1.00 bits per heavy atom. The molecule has 2 N–H and O–H groups in total. The fourth-order valence-corrected chi connectivity index (χ4v) is 2.45. The first kappa shape index (κ1) is 17.5. The molecule has 0 bridgehead atoms. The minimum absolute atomic E-state index is 0.144. The number of nitrogens with one attached hydrogen (secondary N) is 2. The summed E-state index contributed by atoms with van der Waals surface area (Å²) in [6.45, 7) is 6.04. The number of hydrogen-bond acceptors (Lipinski definition) is 4. The van der Waals surface area contributed by atoms with Gasteiger partial charge in [0.25, 0.3) is 0 Å². The zero-order valence-electron chi connectivity index (χ0n) is 14.4. The first-order chi connectivity index (χ1) is 11.4. The van der Waals surface area contributed by atoms with Crippen molar-refractivity contribution in [1.29, 1.82) is 0 Å². The number of carbonyl (C=O) groups is 2. The van der Waals surface area contributed by atoms with E-state index in [9.17, 15) is 9.59 Å². The van der Waals surface area contributed by atoms with Gasteiger partial charge in [-0.25, -0.2) is 4.79 Å². The Morgan fingerprint density at radius 3 is 2.29 bits per heavy atom. The average Bonchev–Trinajstić information content (AvgIpc) is 2.53. The van der Waals surface area contributed by atoms with E-state index >= 15 is 0 Å². The van der Waals surface area contributed by atoms with Crippen molar-refractivity contribution in [1.82, 2.24) is 0 Å². The van der Waals surface area contributed by atoms with E-state index in [2.05, 4.69) is 16.7 Å².